The minimum atomic E-state index is 0.789. The SMILES string of the molecule is CC(C)C1CCC(N2CCN(c3cc(N4CCOCC4)ncn3)CC2)CC1. The van der Waals surface area contributed by atoms with Gasteiger partial charge in [0.2, 0.25) is 0 Å². The Morgan fingerprint density at radius 1 is 0.852 bits per heavy atom. The fourth-order valence-electron chi connectivity index (χ4n) is 4.93. The van der Waals surface area contributed by atoms with E-state index in [4.69, 9.17) is 4.74 Å². The molecule has 3 fully saturated rings. The molecule has 4 rings (SSSR count). The first-order valence-electron chi connectivity index (χ1n) is 10.8. The zero-order chi connectivity index (χ0) is 18.6. The first kappa shape index (κ1) is 18.9. The lowest BCUT2D eigenvalue weighted by Gasteiger charge is -2.43. The van der Waals surface area contributed by atoms with E-state index >= 15 is 0 Å². The molecule has 1 saturated carbocycles. The van der Waals surface area contributed by atoms with Gasteiger partial charge in [-0.3, -0.25) is 4.90 Å². The average molecular weight is 374 g/mol. The summed E-state index contributed by atoms with van der Waals surface area (Å²) in [5.41, 5.74) is 0. The quantitative estimate of drug-likeness (QED) is 0.808. The van der Waals surface area contributed by atoms with E-state index in [9.17, 15) is 0 Å². The summed E-state index contributed by atoms with van der Waals surface area (Å²) in [5, 5.41) is 0. The maximum absolute atomic E-state index is 5.46. The minimum Gasteiger partial charge on any atom is -0.378 e. The van der Waals surface area contributed by atoms with Crippen LogP contribution in [-0.2, 0) is 4.74 Å². The molecule has 0 amide bonds. The van der Waals surface area contributed by atoms with Crippen molar-refractivity contribution in [3.63, 3.8) is 0 Å². The summed E-state index contributed by atoms with van der Waals surface area (Å²) in [5.74, 6) is 3.91. The Bertz CT molecular complexity index is 588. The number of ether oxygens (including phenoxy) is 1. The zero-order valence-corrected chi connectivity index (χ0v) is 17.0. The lowest BCUT2D eigenvalue weighted by molar-refractivity contribution is 0.117. The van der Waals surface area contributed by atoms with Crippen LogP contribution in [0.5, 0.6) is 0 Å². The lowest BCUT2D eigenvalue weighted by Crippen LogP contribution is -2.51. The molecule has 0 spiro atoms. The molecule has 2 saturated heterocycles. The van der Waals surface area contributed by atoms with Crippen molar-refractivity contribution in [2.24, 2.45) is 11.8 Å². The van der Waals surface area contributed by atoms with Gasteiger partial charge in [0.15, 0.2) is 0 Å². The van der Waals surface area contributed by atoms with Gasteiger partial charge in [-0.1, -0.05) is 13.8 Å². The number of hydrogen-bond donors (Lipinski definition) is 0. The maximum atomic E-state index is 5.46. The second-order valence-corrected chi connectivity index (χ2v) is 8.67. The van der Waals surface area contributed by atoms with Gasteiger partial charge in [-0.25, -0.2) is 9.97 Å². The number of anilines is 2. The van der Waals surface area contributed by atoms with Crippen LogP contribution >= 0.6 is 0 Å². The monoisotopic (exact) mass is 373 g/mol. The van der Waals surface area contributed by atoms with Crippen molar-refractivity contribution in [1.29, 1.82) is 0 Å². The van der Waals surface area contributed by atoms with Gasteiger partial charge in [-0.2, -0.15) is 0 Å². The molecule has 0 bridgehead atoms. The second kappa shape index (κ2) is 8.74. The van der Waals surface area contributed by atoms with E-state index in [0.717, 1.165) is 82.0 Å². The van der Waals surface area contributed by atoms with Crippen LogP contribution in [0.25, 0.3) is 0 Å². The van der Waals surface area contributed by atoms with Gasteiger partial charge in [0.1, 0.15) is 18.0 Å². The summed E-state index contributed by atoms with van der Waals surface area (Å²) in [4.78, 5) is 16.5. The van der Waals surface area contributed by atoms with Gasteiger partial charge in [0.25, 0.3) is 0 Å². The first-order chi connectivity index (χ1) is 13.2. The van der Waals surface area contributed by atoms with Crippen LogP contribution < -0.4 is 9.80 Å². The minimum absolute atomic E-state index is 0.789. The summed E-state index contributed by atoms with van der Waals surface area (Å²) >= 11 is 0. The Balaban J connectivity index is 1.30. The third-order valence-corrected chi connectivity index (χ3v) is 6.81. The molecule has 0 N–H and O–H groups in total. The molecule has 2 aliphatic heterocycles. The molecule has 3 aliphatic rings. The Hall–Kier alpha value is -1.40. The van der Waals surface area contributed by atoms with Gasteiger partial charge in [0.05, 0.1) is 13.2 Å². The predicted molar refractivity (Wildman–Crippen MR) is 109 cm³/mol. The summed E-state index contributed by atoms with van der Waals surface area (Å²) in [6.07, 6.45) is 7.32. The van der Waals surface area contributed by atoms with E-state index in [2.05, 4.69) is 44.6 Å². The van der Waals surface area contributed by atoms with E-state index in [1.54, 1.807) is 6.33 Å². The van der Waals surface area contributed by atoms with Gasteiger partial charge in [0, 0.05) is 51.4 Å². The normalized spacial score (nSPS) is 28.0. The van der Waals surface area contributed by atoms with Crippen LogP contribution in [0, 0.1) is 11.8 Å². The number of hydrogen-bond acceptors (Lipinski definition) is 6. The lowest BCUT2D eigenvalue weighted by atomic mass is 9.79. The predicted octanol–water partition coefficient (Wildman–Crippen LogP) is 2.65. The smallest absolute Gasteiger partial charge is 0.134 e. The van der Waals surface area contributed by atoms with Crippen LogP contribution in [0.4, 0.5) is 11.6 Å². The van der Waals surface area contributed by atoms with Crippen molar-refractivity contribution >= 4 is 11.6 Å². The van der Waals surface area contributed by atoms with Gasteiger partial charge in [-0.15, -0.1) is 0 Å². The molecule has 0 atom stereocenters. The van der Waals surface area contributed by atoms with E-state index < -0.39 is 0 Å². The fourth-order valence-corrected chi connectivity index (χ4v) is 4.93. The second-order valence-electron chi connectivity index (χ2n) is 8.67. The topological polar surface area (TPSA) is 44.7 Å². The van der Waals surface area contributed by atoms with Crippen LogP contribution in [-0.4, -0.2) is 73.4 Å². The molecule has 0 unspecified atom stereocenters. The molecule has 6 heteroatoms. The third kappa shape index (κ3) is 4.54. The molecule has 1 aromatic heterocycles. The summed E-state index contributed by atoms with van der Waals surface area (Å²) < 4.78 is 5.46. The molecule has 1 aliphatic carbocycles. The Morgan fingerprint density at radius 2 is 1.44 bits per heavy atom. The number of piperazine rings is 1. The van der Waals surface area contributed by atoms with Crippen LogP contribution in [0.3, 0.4) is 0 Å². The summed E-state index contributed by atoms with van der Waals surface area (Å²) in [6, 6.07) is 2.96. The number of nitrogens with zero attached hydrogens (tertiary/aromatic N) is 5. The van der Waals surface area contributed by atoms with E-state index in [0.29, 0.717) is 0 Å². The zero-order valence-electron chi connectivity index (χ0n) is 17.0. The molecular weight excluding hydrogens is 338 g/mol. The van der Waals surface area contributed by atoms with Crippen LogP contribution in [0.2, 0.25) is 0 Å². The van der Waals surface area contributed by atoms with Crippen molar-refractivity contribution < 1.29 is 4.74 Å². The molecule has 6 nitrogen and oxygen atoms in total. The van der Waals surface area contributed by atoms with Gasteiger partial charge >= 0.3 is 0 Å². The van der Waals surface area contributed by atoms with Crippen LogP contribution in [0.15, 0.2) is 12.4 Å². The third-order valence-electron chi connectivity index (χ3n) is 6.81. The molecule has 0 aromatic carbocycles. The molecular formula is C21H35N5O. The average Bonchev–Trinajstić information content (AvgIpc) is 2.75. The molecule has 3 heterocycles. The molecule has 1 aromatic rings. The van der Waals surface area contributed by atoms with Gasteiger partial charge in [-0.05, 0) is 37.5 Å². The number of aromatic nitrogens is 2. The van der Waals surface area contributed by atoms with Crippen LogP contribution in [0.1, 0.15) is 39.5 Å². The highest BCUT2D eigenvalue weighted by Crippen LogP contribution is 2.32. The molecule has 150 valence electrons. The largest absolute Gasteiger partial charge is 0.378 e. The summed E-state index contributed by atoms with van der Waals surface area (Å²) in [7, 11) is 0. The van der Waals surface area contributed by atoms with Crippen molar-refractivity contribution in [3.05, 3.63) is 12.4 Å². The van der Waals surface area contributed by atoms with Crippen molar-refractivity contribution in [3.8, 4) is 0 Å². The first-order valence-corrected chi connectivity index (χ1v) is 10.8. The van der Waals surface area contributed by atoms with Crippen molar-refractivity contribution in [2.45, 2.75) is 45.6 Å². The standard InChI is InChI=1S/C21H35N5O/c1-17(2)18-3-5-19(6-4-18)24-7-9-25(10-8-24)20-15-21(23-16-22-20)26-11-13-27-14-12-26/h15-19H,3-14H2,1-2H3. The Kier molecular flexibility index (Phi) is 6.13. The number of morpholine rings is 1. The highest BCUT2D eigenvalue weighted by Gasteiger charge is 2.29. The molecule has 27 heavy (non-hydrogen) atoms. The van der Waals surface area contributed by atoms with E-state index in [-0.39, 0.29) is 0 Å². The summed E-state index contributed by atoms with van der Waals surface area (Å²) in [6.45, 7) is 12.7. The highest BCUT2D eigenvalue weighted by molar-refractivity contribution is 5.50. The van der Waals surface area contributed by atoms with Gasteiger partial charge < -0.3 is 14.5 Å². The Morgan fingerprint density at radius 3 is 2.04 bits per heavy atom. The van der Waals surface area contributed by atoms with E-state index in [1.165, 1.54) is 25.7 Å². The van der Waals surface area contributed by atoms with E-state index in [1.807, 2.05) is 0 Å². The Labute approximate surface area is 163 Å². The fraction of sp³-hybridized carbons (Fsp3) is 0.810. The van der Waals surface area contributed by atoms with Crippen molar-refractivity contribution in [1.82, 2.24) is 14.9 Å². The number of rotatable bonds is 4. The highest BCUT2D eigenvalue weighted by atomic mass is 16.5. The van der Waals surface area contributed by atoms with Crippen molar-refractivity contribution in [2.75, 3.05) is 62.3 Å². The maximum Gasteiger partial charge on any atom is 0.134 e. The molecule has 0 radical (unpaired) electrons.